The Balaban J connectivity index is 1.80. The second-order valence-corrected chi connectivity index (χ2v) is 8.87. The van der Waals surface area contributed by atoms with Gasteiger partial charge in [0.15, 0.2) is 5.78 Å². The molecule has 126 valence electrons. The van der Waals surface area contributed by atoms with Crippen molar-refractivity contribution in [2.75, 3.05) is 0 Å². The zero-order valence-corrected chi connectivity index (χ0v) is 14.7. The zero-order valence-electron chi connectivity index (χ0n) is 14.7. The first-order valence-electron chi connectivity index (χ1n) is 9.70. The monoisotopic (exact) mass is 314 g/mol. The number of ketones is 1. The summed E-state index contributed by atoms with van der Waals surface area (Å²) in [6.45, 7) is 4.42. The van der Waals surface area contributed by atoms with Gasteiger partial charge in [-0.2, -0.15) is 5.10 Å². The van der Waals surface area contributed by atoms with Crippen LogP contribution in [0.4, 0.5) is 0 Å². The van der Waals surface area contributed by atoms with Gasteiger partial charge in [-0.1, -0.05) is 46.0 Å². The summed E-state index contributed by atoms with van der Waals surface area (Å²) >= 11 is 0. The van der Waals surface area contributed by atoms with Gasteiger partial charge in [0.2, 0.25) is 0 Å². The lowest BCUT2D eigenvalue weighted by Crippen LogP contribution is -2.27. The maximum atomic E-state index is 12.9. The number of hydrogen-bond donors (Lipinski definition) is 0. The van der Waals surface area contributed by atoms with E-state index in [9.17, 15) is 4.79 Å². The van der Waals surface area contributed by atoms with Crippen LogP contribution >= 0.6 is 0 Å². The van der Waals surface area contributed by atoms with E-state index in [1.165, 1.54) is 63.5 Å². The molecule has 0 aliphatic heterocycles. The fourth-order valence-corrected chi connectivity index (χ4v) is 5.16. The predicted molar refractivity (Wildman–Crippen MR) is 92.0 cm³/mol. The molecule has 1 aromatic rings. The van der Waals surface area contributed by atoms with Crippen molar-refractivity contribution < 1.29 is 4.79 Å². The van der Waals surface area contributed by atoms with Crippen LogP contribution in [0.3, 0.4) is 0 Å². The van der Waals surface area contributed by atoms with Crippen molar-refractivity contribution in [2.45, 2.75) is 96.4 Å². The summed E-state index contributed by atoms with van der Waals surface area (Å²) in [4.78, 5) is 12.9. The first-order chi connectivity index (χ1) is 11.1. The second kappa shape index (κ2) is 5.75. The van der Waals surface area contributed by atoms with Crippen LogP contribution in [0.1, 0.15) is 112 Å². The molecule has 2 fully saturated rings. The molecule has 0 N–H and O–H groups in total. The topological polar surface area (TPSA) is 34.9 Å². The van der Waals surface area contributed by atoms with E-state index in [1.807, 2.05) is 0 Å². The first kappa shape index (κ1) is 15.4. The van der Waals surface area contributed by atoms with Gasteiger partial charge in [-0.3, -0.25) is 9.48 Å². The van der Waals surface area contributed by atoms with Crippen molar-refractivity contribution in [3.05, 3.63) is 17.0 Å². The van der Waals surface area contributed by atoms with Crippen LogP contribution in [0.15, 0.2) is 0 Å². The van der Waals surface area contributed by atoms with Crippen LogP contribution in [-0.2, 0) is 6.42 Å². The number of aromatic nitrogens is 2. The van der Waals surface area contributed by atoms with Crippen LogP contribution in [0, 0.1) is 5.41 Å². The van der Waals surface area contributed by atoms with Crippen molar-refractivity contribution >= 4 is 5.78 Å². The number of Topliss-reactive ketones (excluding diaryl/α,β-unsaturated/α-hetero) is 1. The summed E-state index contributed by atoms with van der Waals surface area (Å²) in [7, 11) is 0. The van der Waals surface area contributed by atoms with Crippen molar-refractivity contribution in [3.8, 4) is 0 Å². The summed E-state index contributed by atoms with van der Waals surface area (Å²) in [5, 5.41) is 5.05. The molecule has 3 aliphatic carbocycles. The third kappa shape index (κ3) is 2.77. The quantitative estimate of drug-likeness (QED) is 0.752. The molecule has 0 radical (unpaired) electrons. The molecule has 2 saturated carbocycles. The summed E-state index contributed by atoms with van der Waals surface area (Å²) < 4.78 is 2.34. The van der Waals surface area contributed by atoms with E-state index >= 15 is 0 Å². The van der Waals surface area contributed by atoms with Crippen molar-refractivity contribution in [1.29, 1.82) is 0 Å². The zero-order chi connectivity index (χ0) is 16.0. The van der Waals surface area contributed by atoms with Crippen LogP contribution in [0.25, 0.3) is 0 Å². The van der Waals surface area contributed by atoms with E-state index in [-0.39, 0.29) is 5.41 Å². The number of hydrogen-bond acceptors (Lipinski definition) is 2. The first-order valence-corrected chi connectivity index (χ1v) is 9.70. The maximum absolute atomic E-state index is 12.9. The van der Waals surface area contributed by atoms with Gasteiger partial charge < -0.3 is 0 Å². The molecule has 3 nitrogen and oxygen atoms in total. The van der Waals surface area contributed by atoms with Gasteiger partial charge in [-0.25, -0.2) is 0 Å². The standard InChI is InChI=1S/C20H30N2O/c1-20(2)12-16-18(17(23)13-20)19(14-8-4-3-5-9-14)22(21-16)15-10-6-7-11-15/h14-15H,3-13H2,1-2H3. The molecule has 3 heteroatoms. The minimum absolute atomic E-state index is 0.0722. The van der Waals surface area contributed by atoms with Gasteiger partial charge in [0.05, 0.1) is 23.0 Å². The van der Waals surface area contributed by atoms with Gasteiger partial charge >= 0.3 is 0 Å². The molecule has 0 unspecified atom stereocenters. The SMILES string of the molecule is CC1(C)CC(=O)c2c(nn(C3CCCC3)c2C2CCCCC2)C1. The lowest BCUT2D eigenvalue weighted by Gasteiger charge is -2.29. The number of carbonyl (C=O) groups is 1. The molecule has 0 aromatic carbocycles. The predicted octanol–water partition coefficient (Wildman–Crippen LogP) is 5.20. The molecule has 0 spiro atoms. The molecule has 3 aliphatic rings. The normalized spacial score (nSPS) is 25.7. The average molecular weight is 314 g/mol. The lowest BCUT2D eigenvalue weighted by molar-refractivity contribution is 0.0910. The van der Waals surface area contributed by atoms with E-state index in [2.05, 4.69) is 18.5 Å². The molecule has 0 atom stereocenters. The average Bonchev–Trinajstić information content (AvgIpc) is 3.13. The molecule has 4 rings (SSSR count). The van der Waals surface area contributed by atoms with Crippen molar-refractivity contribution in [3.63, 3.8) is 0 Å². The third-order valence-electron chi connectivity index (χ3n) is 6.25. The molecule has 1 aromatic heterocycles. The molecule has 0 amide bonds. The highest BCUT2D eigenvalue weighted by molar-refractivity contribution is 6.00. The van der Waals surface area contributed by atoms with Gasteiger partial charge in [-0.15, -0.1) is 0 Å². The third-order valence-corrected chi connectivity index (χ3v) is 6.25. The fourth-order valence-electron chi connectivity index (χ4n) is 5.16. The Morgan fingerprint density at radius 2 is 1.61 bits per heavy atom. The molecule has 1 heterocycles. The summed E-state index contributed by atoms with van der Waals surface area (Å²) in [5.41, 5.74) is 3.57. The fraction of sp³-hybridized carbons (Fsp3) is 0.800. The highest BCUT2D eigenvalue weighted by atomic mass is 16.1. The highest BCUT2D eigenvalue weighted by Crippen LogP contribution is 2.44. The number of rotatable bonds is 2. The van der Waals surface area contributed by atoms with Crippen LogP contribution in [0.2, 0.25) is 0 Å². The largest absolute Gasteiger partial charge is 0.294 e. The summed E-state index contributed by atoms with van der Waals surface area (Å²) in [6, 6.07) is 0.549. The summed E-state index contributed by atoms with van der Waals surface area (Å²) in [6.07, 6.45) is 13.3. The Morgan fingerprint density at radius 1 is 0.957 bits per heavy atom. The maximum Gasteiger partial charge on any atom is 0.167 e. The lowest BCUT2D eigenvalue weighted by atomic mass is 9.74. The minimum Gasteiger partial charge on any atom is -0.294 e. The molecule has 23 heavy (non-hydrogen) atoms. The molecule has 0 bridgehead atoms. The minimum atomic E-state index is 0.0722. The van der Waals surface area contributed by atoms with Crippen LogP contribution in [-0.4, -0.2) is 15.6 Å². The van der Waals surface area contributed by atoms with E-state index in [0.29, 0.717) is 24.2 Å². The van der Waals surface area contributed by atoms with Crippen LogP contribution in [0.5, 0.6) is 0 Å². The van der Waals surface area contributed by atoms with Crippen molar-refractivity contribution in [1.82, 2.24) is 9.78 Å². The second-order valence-electron chi connectivity index (χ2n) is 8.87. The van der Waals surface area contributed by atoms with Gasteiger partial charge in [0, 0.05) is 12.3 Å². The van der Waals surface area contributed by atoms with Gasteiger partial charge in [0.25, 0.3) is 0 Å². The molecular formula is C20H30N2O. The Labute approximate surface area is 139 Å². The molecular weight excluding hydrogens is 284 g/mol. The molecule has 0 saturated heterocycles. The Bertz CT molecular complexity index is 601. The number of fused-ring (bicyclic) bond motifs is 1. The Morgan fingerprint density at radius 3 is 2.30 bits per heavy atom. The summed E-state index contributed by atoms with van der Waals surface area (Å²) in [5.74, 6) is 0.937. The Hall–Kier alpha value is -1.12. The van der Waals surface area contributed by atoms with E-state index < -0.39 is 0 Å². The number of carbonyl (C=O) groups excluding carboxylic acids is 1. The Kier molecular flexibility index (Phi) is 3.85. The van der Waals surface area contributed by atoms with E-state index in [4.69, 9.17) is 5.10 Å². The van der Waals surface area contributed by atoms with E-state index in [0.717, 1.165) is 17.7 Å². The smallest absolute Gasteiger partial charge is 0.167 e. The van der Waals surface area contributed by atoms with Crippen molar-refractivity contribution in [2.24, 2.45) is 5.41 Å². The van der Waals surface area contributed by atoms with E-state index in [1.54, 1.807) is 0 Å². The number of nitrogens with zero attached hydrogens (tertiary/aromatic N) is 2. The van der Waals surface area contributed by atoms with Crippen LogP contribution < -0.4 is 0 Å². The van der Waals surface area contributed by atoms with Gasteiger partial charge in [-0.05, 0) is 37.5 Å². The van der Waals surface area contributed by atoms with Gasteiger partial charge in [0.1, 0.15) is 0 Å². The highest BCUT2D eigenvalue weighted by Gasteiger charge is 2.39.